The average molecular weight is 308 g/mol. The lowest BCUT2D eigenvalue weighted by Gasteiger charge is -2.36. The molecule has 1 aliphatic rings. The van der Waals surface area contributed by atoms with Crippen LogP contribution in [-0.2, 0) is 15.3 Å². The molecule has 21 heavy (non-hydrogen) atoms. The molecule has 1 aromatic carbocycles. The van der Waals surface area contributed by atoms with Crippen molar-refractivity contribution in [2.75, 3.05) is 0 Å². The van der Waals surface area contributed by atoms with Crippen LogP contribution in [0.25, 0.3) is 0 Å². The second-order valence-electron chi connectivity index (χ2n) is 6.35. The summed E-state index contributed by atoms with van der Waals surface area (Å²) in [6.07, 6.45) is 3.07. The fourth-order valence-electron chi connectivity index (χ4n) is 3.05. The molecular weight excluding hydrogens is 284 g/mol. The van der Waals surface area contributed by atoms with E-state index in [-0.39, 0.29) is 6.10 Å². The highest BCUT2D eigenvalue weighted by Gasteiger charge is 2.34. The Morgan fingerprint density at radius 3 is 2.52 bits per heavy atom. The zero-order valence-corrected chi connectivity index (χ0v) is 13.8. The van der Waals surface area contributed by atoms with E-state index in [4.69, 9.17) is 4.18 Å². The molecule has 4 heteroatoms. The molecule has 2 rings (SSSR count). The van der Waals surface area contributed by atoms with E-state index in [0.29, 0.717) is 23.3 Å². The van der Waals surface area contributed by atoms with Crippen molar-refractivity contribution in [3.8, 4) is 0 Å². The van der Waals surface area contributed by atoms with Gasteiger partial charge in [-0.05, 0) is 30.6 Å². The zero-order valence-electron chi connectivity index (χ0n) is 13.0. The maximum atomic E-state index is 12.2. The van der Waals surface area contributed by atoms with Crippen LogP contribution in [-0.4, -0.2) is 15.4 Å². The first kappa shape index (κ1) is 16.4. The minimum absolute atomic E-state index is 0.0813. The van der Waals surface area contributed by atoms with Gasteiger partial charge >= 0.3 is 0 Å². The standard InChI is InChI=1S/C17H24O3S/c1-12(2)15-10-9-13(3)11-16(15)20-21(19)17(18)14-7-5-4-6-8-14/h4-8,12-13,15-16H,9-11H2,1-3H3/t13-,15+,16-,21?/m1/s1. The van der Waals surface area contributed by atoms with Crippen molar-refractivity contribution in [2.24, 2.45) is 17.8 Å². The Balaban J connectivity index is 2.04. The van der Waals surface area contributed by atoms with Crippen LogP contribution >= 0.6 is 0 Å². The van der Waals surface area contributed by atoms with Crippen molar-refractivity contribution >= 4 is 16.2 Å². The molecule has 1 unspecified atom stereocenters. The Hall–Kier alpha value is -1.00. The van der Waals surface area contributed by atoms with E-state index in [1.807, 2.05) is 6.07 Å². The lowest BCUT2D eigenvalue weighted by Crippen LogP contribution is -2.35. The van der Waals surface area contributed by atoms with Gasteiger partial charge in [0.05, 0.1) is 6.10 Å². The van der Waals surface area contributed by atoms with E-state index in [9.17, 15) is 9.00 Å². The van der Waals surface area contributed by atoms with Crippen LogP contribution in [0.5, 0.6) is 0 Å². The second-order valence-corrected chi connectivity index (χ2v) is 7.38. The summed E-state index contributed by atoms with van der Waals surface area (Å²) in [5, 5.41) is -0.434. The summed E-state index contributed by atoms with van der Waals surface area (Å²) >= 11 is -1.90. The van der Waals surface area contributed by atoms with Crippen LogP contribution in [0.1, 0.15) is 50.4 Å². The third-order valence-corrected chi connectivity index (χ3v) is 5.29. The number of carbonyl (C=O) groups excluding carboxylic acids is 1. The normalized spacial score (nSPS) is 27.5. The van der Waals surface area contributed by atoms with Gasteiger partial charge in [0.15, 0.2) is 0 Å². The molecule has 116 valence electrons. The van der Waals surface area contributed by atoms with Crippen molar-refractivity contribution in [1.29, 1.82) is 0 Å². The van der Waals surface area contributed by atoms with Gasteiger partial charge in [-0.15, -0.1) is 0 Å². The molecule has 0 spiro atoms. The molecule has 4 atom stereocenters. The van der Waals surface area contributed by atoms with E-state index in [1.54, 1.807) is 24.3 Å². The summed E-state index contributed by atoms with van der Waals surface area (Å²) in [5.41, 5.74) is 0.445. The predicted octanol–water partition coefficient (Wildman–Crippen LogP) is 3.97. The number of benzene rings is 1. The molecule has 1 aliphatic carbocycles. The van der Waals surface area contributed by atoms with Gasteiger partial charge in [0.2, 0.25) is 11.1 Å². The molecule has 0 heterocycles. The molecule has 0 aromatic heterocycles. The molecule has 0 amide bonds. The van der Waals surface area contributed by atoms with E-state index in [1.165, 1.54) is 6.42 Å². The Labute approximate surface area is 129 Å². The second kappa shape index (κ2) is 7.32. The van der Waals surface area contributed by atoms with Gasteiger partial charge in [-0.25, -0.2) is 4.21 Å². The molecule has 0 saturated heterocycles. The third-order valence-electron chi connectivity index (χ3n) is 4.33. The Morgan fingerprint density at radius 2 is 1.90 bits per heavy atom. The Kier molecular flexibility index (Phi) is 5.71. The maximum Gasteiger partial charge on any atom is 0.276 e. The quantitative estimate of drug-likeness (QED) is 0.845. The van der Waals surface area contributed by atoms with Crippen molar-refractivity contribution in [3.05, 3.63) is 35.9 Å². The topological polar surface area (TPSA) is 43.4 Å². The molecule has 0 radical (unpaired) electrons. The number of carbonyl (C=O) groups is 1. The molecule has 1 saturated carbocycles. The van der Waals surface area contributed by atoms with Gasteiger partial charge in [-0.2, -0.15) is 0 Å². The summed E-state index contributed by atoms with van der Waals surface area (Å²) in [5.74, 6) is 1.42. The van der Waals surface area contributed by atoms with Crippen molar-refractivity contribution in [3.63, 3.8) is 0 Å². The highest BCUT2D eigenvalue weighted by molar-refractivity contribution is 7.96. The average Bonchev–Trinajstić information content (AvgIpc) is 2.47. The molecule has 1 aromatic rings. The smallest absolute Gasteiger partial charge is 0.276 e. The van der Waals surface area contributed by atoms with E-state index >= 15 is 0 Å². The Morgan fingerprint density at radius 1 is 1.24 bits per heavy atom. The van der Waals surface area contributed by atoms with Gasteiger partial charge in [-0.1, -0.05) is 57.5 Å². The van der Waals surface area contributed by atoms with Crippen LogP contribution in [0.3, 0.4) is 0 Å². The van der Waals surface area contributed by atoms with E-state index in [2.05, 4.69) is 20.8 Å². The Bertz CT molecular complexity index is 498. The van der Waals surface area contributed by atoms with E-state index in [0.717, 1.165) is 12.8 Å². The molecule has 0 bridgehead atoms. The summed E-state index contributed by atoms with van der Waals surface area (Å²) in [6.45, 7) is 6.52. The van der Waals surface area contributed by atoms with Crippen LogP contribution in [0.4, 0.5) is 0 Å². The summed E-state index contributed by atoms with van der Waals surface area (Å²) in [4.78, 5) is 12.2. The van der Waals surface area contributed by atoms with Gasteiger partial charge in [0, 0.05) is 5.56 Å². The number of hydrogen-bond acceptors (Lipinski definition) is 3. The van der Waals surface area contributed by atoms with E-state index < -0.39 is 16.2 Å². The third kappa shape index (κ3) is 4.24. The highest BCUT2D eigenvalue weighted by atomic mass is 32.2. The summed E-state index contributed by atoms with van der Waals surface area (Å²) in [7, 11) is 0. The van der Waals surface area contributed by atoms with Gasteiger partial charge in [0.1, 0.15) is 0 Å². The first-order valence-electron chi connectivity index (χ1n) is 7.67. The number of rotatable bonds is 4. The van der Waals surface area contributed by atoms with Crippen LogP contribution < -0.4 is 0 Å². The monoisotopic (exact) mass is 308 g/mol. The van der Waals surface area contributed by atoms with Crippen molar-refractivity contribution in [2.45, 2.75) is 46.1 Å². The highest BCUT2D eigenvalue weighted by Crippen LogP contribution is 2.35. The molecular formula is C17H24O3S. The predicted molar refractivity (Wildman–Crippen MR) is 85.1 cm³/mol. The fourth-order valence-corrected chi connectivity index (χ4v) is 3.91. The van der Waals surface area contributed by atoms with Gasteiger partial charge in [-0.3, -0.25) is 8.98 Å². The van der Waals surface area contributed by atoms with Gasteiger partial charge in [0.25, 0.3) is 5.12 Å². The minimum atomic E-state index is -1.90. The lowest BCUT2D eigenvalue weighted by atomic mass is 9.75. The maximum absolute atomic E-state index is 12.2. The van der Waals surface area contributed by atoms with Crippen LogP contribution in [0, 0.1) is 17.8 Å². The van der Waals surface area contributed by atoms with Crippen LogP contribution in [0.15, 0.2) is 30.3 Å². The zero-order chi connectivity index (χ0) is 15.4. The summed E-state index contributed by atoms with van der Waals surface area (Å²) < 4.78 is 17.9. The minimum Gasteiger partial charge on any atom is -0.281 e. The van der Waals surface area contributed by atoms with Gasteiger partial charge < -0.3 is 0 Å². The first-order chi connectivity index (χ1) is 9.99. The first-order valence-corrected chi connectivity index (χ1v) is 8.74. The lowest BCUT2D eigenvalue weighted by molar-refractivity contribution is 0.0552. The fraction of sp³-hybridized carbons (Fsp3) is 0.588. The largest absolute Gasteiger partial charge is 0.281 e. The molecule has 3 nitrogen and oxygen atoms in total. The van der Waals surface area contributed by atoms with Crippen LogP contribution in [0.2, 0.25) is 0 Å². The molecule has 1 fully saturated rings. The van der Waals surface area contributed by atoms with Crippen molar-refractivity contribution < 1.29 is 13.2 Å². The van der Waals surface area contributed by atoms with Crippen molar-refractivity contribution in [1.82, 2.24) is 0 Å². The molecule has 0 N–H and O–H groups in total. The SMILES string of the molecule is CC(C)[C@@H]1CC[C@@H](C)C[C@H]1OS(=O)C(=O)c1ccccc1. The molecule has 0 aliphatic heterocycles. The summed E-state index contributed by atoms with van der Waals surface area (Å²) in [6, 6.07) is 8.71. The number of hydrogen-bond donors (Lipinski definition) is 0.